The van der Waals surface area contributed by atoms with Crippen molar-refractivity contribution in [3.8, 4) is 0 Å². The number of benzene rings is 1. The van der Waals surface area contributed by atoms with Crippen molar-refractivity contribution in [2.45, 2.75) is 19.3 Å². The van der Waals surface area contributed by atoms with E-state index in [4.69, 9.17) is 4.74 Å². The summed E-state index contributed by atoms with van der Waals surface area (Å²) in [5.41, 5.74) is 2.07. The van der Waals surface area contributed by atoms with Crippen molar-refractivity contribution in [2.75, 3.05) is 0 Å². The van der Waals surface area contributed by atoms with Crippen LogP contribution in [0.2, 0.25) is 0 Å². The van der Waals surface area contributed by atoms with E-state index < -0.39 is 5.97 Å². The van der Waals surface area contributed by atoms with Crippen LogP contribution >= 0.6 is 0 Å². The van der Waals surface area contributed by atoms with Crippen molar-refractivity contribution in [2.24, 2.45) is 5.92 Å². The average Bonchev–Trinajstić information content (AvgIpc) is 2.67. The van der Waals surface area contributed by atoms with Crippen LogP contribution in [0.4, 0.5) is 0 Å². The molecule has 1 fully saturated rings. The summed E-state index contributed by atoms with van der Waals surface area (Å²) in [6.07, 6.45) is 2.54. The first-order valence-electron chi connectivity index (χ1n) is 5.82. The molecule has 0 amide bonds. The number of esters is 1. The van der Waals surface area contributed by atoms with Crippen LogP contribution in [0.1, 0.15) is 24.8 Å². The maximum absolute atomic E-state index is 11.6. The molecule has 3 rings (SSSR count). The van der Waals surface area contributed by atoms with E-state index in [2.05, 4.69) is 0 Å². The number of ketones is 1. The van der Waals surface area contributed by atoms with Crippen LogP contribution in [-0.4, -0.2) is 11.8 Å². The molecule has 1 atom stereocenters. The fraction of sp³-hybridized carbons (Fsp3) is 0.286. The Kier molecular flexibility index (Phi) is 2.32. The molecule has 1 saturated heterocycles. The van der Waals surface area contributed by atoms with Gasteiger partial charge >= 0.3 is 5.97 Å². The summed E-state index contributed by atoms with van der Waals surface area (Å²) in [5.74, 6) is -0.808. The number of hydrogen-bond acceptors (Lipinski definition) is 3. The second-order valence-corrected chi connectivity index (χ2v) is 4.41. The number of carbonyl (C=O) groups excluding carboxylic acids is 2. The second-order valence-electron chi connectivity index (χ2n) is 4.41. The lowest BCUT2D eigenvalue weighted by Gasteiger charge is -2.19. The minimum Gasteiger partial charge on any atom is -0.424 e. The molecular weight excluding hydrogens is 216 g/mol. The van der Waals surface area contributed by atoms with E-state index >= 15 is 0 Å². The van der Waals surface area contributed by atoms with Gasteiger partial charge in [-0.05, 0) is 30.4 Å². The summed E-state index contributed by atoms with van der Waals surface area (Å²) in [4.78, 5) is 22.9. The standard InChI is InChI=1S/C14H12O3/c15-12-11-8-4-7-10(13(11)17-14(12)16)9-5-2-1-3-6-9/h1-3,5-6,11H,4,7-8H2/t11-/m0/s1. The smallest absolute Gasteiger partial charge is 0.380 e. The molecule has 0 radical (unpaired) electrons. The van der Waals surface area contributed by atoms with E-state index in [0.29, 0.717) is 5.76 Å². The van der Waals surface area contributed by atoms with Crippen LogP contribution < -0.4 is 0 Å². The van der Waals surface area contributed by atoms with E-state index in [1.165, 1.54) is 0 Å². The fourth-order valence-corrected chi connectivity index (χ4v) is 2.55. The number of ether oxygens (including phenoxy) is 1. The van der Waals surface area contributed by atoms with E-state index in [1.54, 1.807) is 0 Å². The number of Topliss-reactive ketones (excluding diaryl/α,β-unsaturated/α-hetero) is 1. The Bertz CT molecular complexity index is 514. The highest BCUT2D eigenvalue weighted by atomic mass is 16.6. The third-order valence-electron chi connectivity index (χ3n) is 3.38. The zero-order valence-electron chi connectivity index (χ0n) is 9.31. The molecule has 0 spiro atoms. The third kappa shape index (κ3) is 1.58. The third-order valence-corrected chi connectivity index (χ3v) is 3.38. The number of hydrogen-bond donors (Lipinski definition) is 0. The quantitative estimate of drug-likeness (QED) is 0.547. The van der Waals surface area contributed by atoms with Crippen molar-refractivity contribution in [1.29, 1.82) is 0 Å². The molecule has 3 nitrogen and oxygen atoms in total. The maximum Gasteiger partial charge on any atom is 0.380 e. The molecule has 1 aliphatic heterocycles. The zero-order valence-corrected chi connectivity index (χ0v) is 9.31. The first-order chi connectivity index (χ1) is 8.27. The molecule has 1 aliphatic carbocycles. The van der Waals surface area contributed by atoms with E-state index in [9.17, 15) is 9.59 Å². The highest BCUT2D eigenvalue weighted by Crippen LogP contribution is 2.40. The number of rotatable bonds is 1. The van der Waals surface area contributed by atoms with Crippen LogP contribution in [0.25, 0.3) is 5.57 Å². The van der Waals surface area contributed by atoms with Gasteiger partial charge in [0.15, 0.2) is 0 Å². The number of carbonyl (C=O) groups is 2. The van der Waals surface area contributed by atoms with Crippen LogP contribution in [0.15, 0.2) is 36.1 Å². The summed E-state index contributed by atoms with van der Waals surface area (Å²) in [6, 6.07) is 9.82. The molecule has 1 aromatic rings. The molecule has 2 aliphatic rings. The van der Waals surface area contributed by atoms with Gasteiger partial charge in [0.1, 0.15) is 5.76 Å². The zero-order chi connectivity index (χ0) is 11.8. The van der Waals surface area contributed by atoms with Gasteiger partial charge in [0, 0.05) is 0 Å². The molecule has 1 aromatic carbocycles. The highest BCUT2D eigenvalue weighted by Gasteiger charge is 2.42. The molecule has 1 heterocycles. The summed E-state index contributed by atoms with van der Waals surface area (Å²) in [6.45, 7) is 0. The lowest BCUT2D eigenvalue weighted by Crippen LogP contribution is -2.16. The minimum atomic E-state index is -0.694. The Hall–Kier alpha value is -1.90. The van der Waals surface area contributed by atoms with Crippen LogP contribution in [0.3, 0.4) is 0 Å². The van der Waals surface area contributed by atoms with E-state index in [0.717, 1.165) is 30.4 Å². The van der Waals surface area contributed by atoms with Crippen LogP contribution in [-0.2, 0) is 14.3 Å². The van der Waals surface area contributed by atoms with Gasteiger partial charge in [-0.1, -0.05) is 30.3 Å². The molecular formula is C14H12O3. The molecule has 0 saturated carbocycles. The summed E-state index contributed by atoms with van der Waals surface area (Å²) in [7, 11) is 0. The van der Waals surface area contributed by atoms with Crippen LogP contribution in [0.5, 0.6) is 0 Å². The lowest BCUT2D eigenvalue weighted by molar-refractivity contribution is -0.146. The Balaban J connectivity index is 2.10. The van der Waals surface area contributed by atoms with Gasteiger partial charge in [-0.25, -0.2) is 4.79 Å². The van der Waals surface area contributed by atoms with Gasteiger partial charge in [-0.3, -0.25) is 4.79 Å². The Morgan fingerprint density at radius 3 is 2.65 bits per heavy atom. The topological polar surface area (TPSA) is 43.4 Å². The second kappa shape index (κ2) is 3.84. The molecule has 0 N–H and O–H groups in total. The Labute approximate surface area is 99.1 Å². The molecule has 17 heavy (non-hydrogen) atoms. The van der Waals surface area contributed by atoms with E-state index in [-0.39, 0.29) is 11.7 Å². The number of fused-ring (bicyclic) bond motifs is 1. The maximum atomic E-state index is 11.6. The molecule has 0 bridgehead atoms. The lowest BCUT2D eigenvalue weighted by atomic mass is 9.84. The predicted molar refractivity (Wildman–Crippen MR) is 61.8 cm³/mol. The molecule has 86 valence electrons. The van der Waals surface area contributed by atoms with Crippen LogP contribution in [0, 0.1) is 5.92 Å². The monoisotopic (exact) mass is 228 g/mol. The normalized spacial score (nSPS) is 23.6. The SMILES string of the molecule is O=C1OC2=C(c3ccccc3)CCC[C@H]2C1=O. The largest absolute Gasteiger partial charge is 0.424 e. The summed E-state index contributed by atoms with van der Waals surface area (Å²) in [5, 5.41) is 0. The molecule has 3 heteroatoms. The van der Waals surface area contributed by atoms with Gasteiger partial charge < -0.3 is 4.74 Å². The van der Waals surface area contributed by atoms with Crippen molar-refractivity contribution in [3.63, 3.8) is 0 Å². The van der Waals surface area contributed by atoms with Gasteiger partial charge in [-0.2, -0.15) is 0 Å². The predicted octanol–water partition coefficient (Wildman–Crippen LogP) is 2.32. The molecule has 0 unspecified atom stereocenters. The average molecular weight is 228 g/mol. The number of allylic oxidation sites excluding steroid dienone is 2. The van der Waals surface area contributed by atoms with Gasteiger partial charge in [-0.15, -0.1) is 0 Å². The van der Waals surface area contributed by atoms with E-state index in [1.807, 2.05) is 30.3 Å². The first-order valence-corrected chi connectivity index (χ1v) is 5.82. The summed E-state index contributed by atoms with van der Waals surface area (Å²) >= 11 is 0. The van der Waals surface area contributed by atoms with Crippen molar-refractivity contribution >= 4 is 17.3 Å². The van der Waals surface area contributed by atoms with Gasteiger partial charge in [0.25, 0.3) is 5.78 Å². The van der Waals surface area contributed by atoms with Crippen molar-refractivity contribution < 1.29 is 14.3 Å². The fourth-order valence-electron chi connectivity index (χ4n) is 2.55. The highest BCUT2D eigenvalue weighted by molar-refractivity contribution is 6.37. The summed E-state index contributed by atoms with van der Waals surface area (Å²) < 4.78 is 5.14. The first kappa shape index (κ1) is 10.3. The van der Waals surface area contributed by atoms with Gasteiger partial charge in [0.05, 0.1) is 5.92 Å². The minimum absolute atomic E-state index is 0.327. The molecule has 0 aromatic heterocycles. The van der Waals surface area contributed by atoms with Crippen molar-refractivity contribution in [3.05, 3.63) is 41.7 Å². The Morgan fingerprint density at radius 2 is 1.88 bits per heavy atom. The van der Waals surface area contributed by atoms with Crippen molar-refractivity contribution in [1.82, 2.24) is 0 Å². The Morgan fingerprint density at radius 1 is 1.12 bits per heavy atom. The van der Waals surface area contributed by atoms with Gasteiger partial charge in [0.2, 0.25) is 0 Å².